The zero-order valence-electron chi connectivity index (χ0n) is 20.1. The predicted molar refractivity (Wildman–Crippen MR) is 142 cm³/mol. The SMILES string of the molecule is CO[C@H](O)CNC(=O)c1c(N[C@@H](Cc2ccc(NS(=O)(=O)O)cc2)c2csc(C)n2)[nH]c2ccccc12. The number of rotatable bonds is 11. The smallest absolute Gasteiger partial charge is 0.357 e. The third kappa shape index (κ3) is 6.84. The van der Waals surface area contributed by atoms with Gasteiger partial charge in [0.2, 0.25) is 0 Å². The first kappa shape index (κ1) is 26.6. The quantitative estimate of drug-likeness (QED) is 0.123. The summed E-state index contributed by atoms with van der Waals surface area (Å²) in [6, 6.07) is 13.6. The van der Waals surface area contributed by atoms with Crippen molar-refractivity contribution in [3.63, 3.8) is 0 Å². The van der Waals surface area contributed by atoms with Gasteiger partial charge in [-0.3, -0.25) is 14.1 Å². The number of hydrogen-bond acceptors (Lipinski definition) is 8. The number of aliphatic hydroxyl groups excluding tert-OH is 1. The van der Waals surface area contributed by atoms with Crippen molar-refractivity contribution < 1.29 is 27.6 Å². The van der Waals surface area contributed by atoms with Crippen LogP contribution in [0.4, 0.5) is 11.5 Å². The molecule has 196 valence electrons. The molecule has 4 aromatic rings. The van der Waals surface area contributed by atoms with Crippen LogP contribution in [0, 0.1) is 6.92 Å². The van der Waals surface area contributed by atoms with E-state index in [1.165, 1.54) is 18.4 Å². The lowest BCUT2D eigenvalue weighted by Crippen LogP contribution is -2.33. The van der Waals surface area contributed by atoms with Crippen molar-refractivity contribution in [1.82, 2.24) is 15.3 Å². The summed E-state index contributed by atoms with van der Waals surface area (Å²) in [5, 5.41) is 19.4. The van der Waals surface area contributed by atoms with Crippen molar-refractivity contribution in [2.45, 2.75) is 25.7 Å². The first-order valence-corrected chi connectivity index (χ1v) is 13.6. The molecule has 0 saturated heterocycles. The fourth-order valence-electron chi connectivity index (χ4n) is 3.88. The Morgan fingerprint density at radius 3 is 2.57 bits per heavy atom. The fraction of sp³-hybridized carbons (Fsp3) is 0.250. The van der Waals surface area contributed by atoms with E-state index < -0.39 is 16.6 Å². The number of nitrogens with zero attached hydrogens (tertiary/aromatic N) is 1. The predicted octanol–water partition coefficient (Wildman–Crippen LogP) is 3.24. The standard InChI is InChI=1S/C24H27N5O6S2/c1-14-26-20(13-36-14)19(11-15-7-9-16(10-8-15)29-37(32,33)34)28-23-22(24(31)25-12-21(30)35-2)17-5-3-4-6-18(17)27-23/h3-10,13,19,21,27-30H,11-12H2,1-2H3,(H,25,31)(H,32,33,34)/t19-,21-/m0/s1. The maximum absolute atomic E-state index is 13.2. The number of amides is 1. The number of methoxy groups -OCH3 is 1. The van der Waals surface area contributed by atoms with Gasteiger partial charge in [0.05, 0.1) is 34.5 Å². The topological polar surface area (TPSA) is 166 Å². The number of thiazole rings is 1. The number of aryl methyl sites for hydroxylation is 1. The molecule has 0 bridgehead atoms. The summed E-state index contributed by atoms with van der Waals surface area (Å²) in [6.45, 7) is 1.83. The lowest BCUT2D eigenvalue weighted by molar-refractivity contribution is -0.0694. The minimum absolute atomic E-state index is 0.0765. The largest absolute Gasteiger partial charge is 0.366 e. The zero-order valence-corrected chi connectivity index (χ0v) is 21.7. The second-order valence-corrected chi connectivity index (χ2v) is 10.5. The number of aromatic amines is 1. The number of aliphatic hydroxyl groups is 1. The van der Waals surface area contributed by atoms with Crippen LogP contribution in [0.25, 0.3) is 10.9 Å². The van der Waals surface area contributed by atoms with E-state index in [9.17, 15) is 18.3 Å². The third-order valence-corrected chi connectivity index (χ3v) is 6.88. The third-order valence-electron chi connectivity index (χ3n) is 5.60. The number of nitrogens with one attached hydrogen (secondary N) is 4. The van der Waals surface area contributed by atoms with Crippen LogP contribution in [0.5, 0.6) is 0 Å². The van der Waals surface area contributed by atoms with E-state index in [0.29, 0.717) is 23.2 Å². The molecule has 2 atom stereocenters. The number of anilines is 2. The summed E-state index contributed by atoms with van der Waals surface area (Å²) in [4.78, 5) is 21.1. The van der Waals surface area contributed by atoms with Gasteiger partial charge in [-0.15, -0.1) is 11.3 Å². The van der Waals surface area contributed by atoms with Gasteiger partial charge >= 0.3 is 10.3 Å². The normalized spacial score (nSPS) is 13.3. The van der Waals surface area contributed by atoms with Gasteiger partial charge in [-0.1, -0.05) is 30.3 Å². The van der Waals surface area contributed by atoms with E-state index in [1.807, 2.05) is 41.3 Å². The second kappa shape index (κ2) is 11.3. The summed E-state index contributed by atoms with van der Waals surface area (Å²) >= 11 is 1.51. The van der Waals surface area contributed by atoms with Crippen LogP contribution >= 0.6 is 11.3 Å². The van der Waals surface area contributed by atoms with Crippen LogP contribution in [-0.2, 0) is 21.5 Å². The van der Waals surface area contributed by atoms with E-state index in [1.54, 1.807) is 24.3 Å². The average Bonchev–Trinajstić information content (AvgIpc) is 3.45. The Morgan fingerprint density at radius 2 is 1.92 bits per heavy atom. The summed E-state index contributed by atoms with van der Waals surface area (Å²) < 4.78 is 38.0. The molecule has 0 radical (unpaired) electrons. The first-order chi connectivity index (χ1) is 17.6. The van der Waals surface area contributed by atoms with E-state index in [2.05, 4.69) is 20.6 Å². The van der Waals surface area contributed by atoms with Crippen molar-refractivity contribution in [2.24, 2.45) is 0 Å². The highest BCUT2D eigenvalue weighted by molar-refractivity contribution is 7.87. The van der Waals surface area contributed by atoms with Crippen LogP contribution in [-0.4, -0.2) is 53.9 Å². The van der Waals surface area contributed by atoms with Crippen molar-refractivity contribution in [2.75, 3.05) is 23.7 Å². The minimum Gasteiger partial charge on any atom is -0.366 e. The first-order valence-electron chi connectivity index (χ1n) is 11.3. The van der Waals surface area contributed by atoms with E-state index in [-0.39, 0.29) is 24.2 Å². The molecule has 0 spiro atoms. The molecule has 0 unspecified atom stereocenters. The molecule has 2 aromatic heterocycles. The molecule has 0 aliphatic carbocycles. The second-order valence-electron chi connectivity index (χ2n) is 8.29. The Balaban J connectivity index is 1.65. The molecule has 0 aliphatic heterocycles. The Kier molecular flexibility index (Phi) is 8.10. The molecule has 1 amide bonds. The van der Waals surface area contributed by atoms with Crippen molar-refractivity contribution in [3.05, 3.63) is 75.7 Å². The van der Waals surface area contributed by atoms with E-state index in [4.69, 9.17) is 9.29 Å². The number of fused-ring (bicyclic) bond motifs is 1. The van der Waals surface area contributed by atoms with E-state index >= 15 is 0 Å². The molecule has 0 aliphatic rings. The Bertz CT molecular complexity index is 1480. The molecule has 13 heteroatoms. The average molecular weight is 546 g/mol. The Hall–Kier alpha value is -3.49. The molecule has 4 rings (SSSR count). The lowest BCUT2D eigenvalue weighted by atomic mass is 10.0. The van der Waals surface area contributed by atoms with Gasteiger partial charge in [-0.2, -0.15) is 8.42 Å². The molecular weight excluding hydrogens is 518 g/mol. The van der Waals surface area contributed by atoms with Gasteiger partial charge in [-0.05, 0) is 37.1 Å². The van der Waals surface area contributed by atoms with Gasteiger partial charge in [0, 0.05) is 23.4 Å². The van der Waals surface area contributed by atoms with Crippen LogP contribution in [0.1, 0.15) is 32.7 Å². The van der Waals surface area contributed by atoms with E-state index in [0.717, 1.165) is 21.8 Å². The maximum Gasteiger partial charge on any atom is 0.357 e. The van der Waals surface area contributed by atoms with Crippen LogP contribution in [0.15, 0.2) is 53.9 Å². The number of hydrogen-bond donors (Lipinski definition) is 6. The van der Waals surface area contributed by atoms with Gasteiger partial charge in [-0.25, -0.2) is 4.98 Å². The number of ether oxygens (including phenoxy) is 1. The molecule has 6 N–H and O–H groups in total. The Morgan fingerprint density at radius 1 is 1.19 bits per heavy atom. The van der Waals surface area contributed by atoms with Crippen LogP contribution in [0.3, 0.4) is 0 Å². The molecule has 11 nitrogen and oxygen atoms in total. The summed E-state index contributed by atoms with van der Waals surface area (Å²) in [7, 11) is -3.02. The number of carbonyl (C=O) groups excluding carboxylic acids is 1. The van der Waals surface area contributed by atoms with Crippen LogP contribution < -0.4 is 15.4 Å². The highest BCUT2D eigenvalue weighted by Crippen LogP contribution is 2.31. The molecule has 2 aromatic carbocycles. The van der Waals surface area contributed by atoms with Gasteiger partial charge in [0.1, 0.15) is 5.82 Å². The van der Waals surface area contributed by atoms with Gasteiger partial charge in [0.25, 0.3) is 5.91 Å². The zero-order chi connectivity index (χ0) is 26.6. The number of benzene rings is 2. The number of para-hydroxylation sites is 1. The van der Waals surface area contributed by atoms with Crippen molar-refractivity contribution in [3.8, 4) is 0 Å². The number of H-pyrrole nitrogens is 1. The van der Waals surface area contributed by atoms with Crippen molar-refractivity contribution >= 4 is 50.0 Å². The molecule has 0 fully saturated rings. The molecule has 37 heavy (non-hydrogen) atoms. The number of carbonyl (C=O) groups is 1. The fourth-order valence-corrected chi connectivity index (χ4v) is 4.98. The Labute approximate surface area is 217 Å². The highest BCUT2D eigenvalue weighted by Gasteiger charge is 2.23. The molecular formula is C24H27N5O6S2. The van der Waals surface area contributed by atoms with Gasteiger partial charge in [0.15, 0.2) is 6.29 Å². The summed E-state index contributed by atoms with van der Waals surface area (Å²) in [5.41, 5.74) is 3.03. The maximum atomic E-state index is 13.2. The molecule has 2 heterocycles. The lowest BCUT2D eigenvalue weighted by Gasteiger charge is -2.19. The van der Waals surface area contributed by atoms with Crippen LogP contribution in [0.2, 0.25) is 0 Å². The number of aromatic nitrogens is 2. The van der Waals surface area contributed by atoms with Gasteiger partial charge < -0.3 is 25.5 Å². The van der Waals surface area contributed by atoms with Crippen molar-refractivity contribution in [1.29, 1.82) is 0 Å². The summed E-state index contributed by atoms with van der Waals surface area (Å²) in [5.74, 6) is 0.107. The summed E-state index contributed by atoms with van der Waals surface area (Å²) in [6.07, 6.45) is -0.664. The minimum atomic E-state index is -4.37. The monoisotopic (exact) mass is 545 g/mol. The highest BCUT2D eigenvalue weighted by atomic mass is 32.2. The molecule has 0 saturated carbocycles.